The molecule has 2 aromatic carbocycles. The first-order valence-electron chi connectivity index (χ1n) is 18.3. The van der Waals surface area contributed by atoms with Crippen molar-refractivity contribution in [2.24, 2.45) is 29.1 Å². The number of hydrogen-bond donors (Lipinski definition) is 4. The number of fused-ring (bicyclic) bond motifs is 2. The highest BCUT2D eigenvalue weighted by Crippen LogP contribution is 2.61. The van der Waals surface area contributed by atoms with Crippen molar-refractivity contribution in [2.75, 3.05) is 39.3 Å². The second-order valence-electron chi connectivity index (χ2n) is 15.6. The average molecular weight is 798 g/mol. The van der Waals surface area contributed by atoms with Crippen molar-refractivity contribution in [1.29, 1.82) is 0 Å². The van der Waals surface area contributed by atoms with Gasteiger partial charge in [0.25, 0.3) is 5.91 Å². The predicted molar refractivity (Wildman–Crippen MR) is 208 cm³/mol. The van der Waals surface area contributed by atoms with Crippen molar-refractivity contribution in [3.63, 3.8) is 0 Å². The molecule has 4 fully saturated rings. The molecule has 3 saturated carbocycles. The molecule has 52 heavy (non-hydrogen) atoms. The van der Waals surface area contributed by atoms with Crippen LogP contribution in [-0.4, -0.2) is 85.7 Å². The van der Waals surface area contributed by atoms with Crippen LogP contribution in [0.1, 0.15) is 61.3 Å². The summed E-state index contributed by atoms with van der Waals surface area (Å²) in [6.45, 7) is 8.91. The number of anilines is 1. The summed E-state index contributed by atoms with van der Waals surface area (Å²) < 4.78 is 7.09. The van der Waals surface area contributed by atoms with Crippen molar-refractivity contribution in [3.8, 4) is 16.9 Å². The molecule has 1 aromatic heterocycles. The number of para-hydroxylation sites is 1. The lowest BCUT2D eigenvalue weighted by molar-refractivity contribution is -0.183. The number of carbonyl (C=O) groups is 2. The fourth-order valence-electron chi connectivity index (χ4n) is 8.87. The number of nitrogens with zero attached hydrogens (tertiary/aromatic N) is 2. The van der Waals surface area contributed by atoms with Crippen LogP contribution < -0.4 is 20.3 Å². The van der Waals surface area contributed by atoms with Crippen molar-refractivity contribution >= 4 is 44.8 Å². The lowest BCUT2D eigenvalue weighted by atomic mass is 9.45. The molecule has 12 heteroatoms. The van der Waals surface area contributed by atoms with Gasteiger partial charge in [0.05, 0.1) is 26.4 Å². The standard InChI is InChI=1S/C40H53BrN4O6S/c1-22-32-16-27(40(32,3)4)17-33(22)43-39(49)36-35(23(2)47)34(20-46)51-45(36)19-24-9-8-10-31(37(24)50-7)25-13-26(15-29(14-25)44(5)6)38(48)42-12-11-30-18-28(41)21-52-30/h8-10,13-15,18,21-23,27,32-36,46-47H,11-12,16-17,19-20H2,1-7H3,(H,42,48)(H,43,49)/t22-,23-,27-,32-,33-,34-,35-,36-/m0/s1. The fraction of sp³-hybridized carbons (Fsp3) is 0.550. The first-order chi connectivity index (χ1) is 24.7. The lowest BCUT2D eigenvalue weighted by Crippen LogP contribution is -2.62. The minimum atomic E-state index is -0.896. The minimum Gasteiger partial charge on any atom is -0.496 e. The molecule has 282 valence electrons. The van der Waals surface area contributed by atoms with Gasteiger partial charge in [0.15, 0.2) is 0 Å². The quantitative estimate of drug-likeness (QED) is 0.169. The third kappa shape index (κ3) is 7.65. The van der Waals surface area contributed by atoms with Crippen LogP contribution in [0.15, 0.2) is 52.3 Å². The fourth-order valence-corrected chi connectivity index (χ4v) is 10.3. The van der Waals surface area contributed by atoms with Crippen molar-refractivity contribution in [1.82, 2.24) is 15.7 Å². The zero-order valence-corrected chi connectivity index (χ0v) is 33.6. The number of aliphatic hydroxyl groups is 2. The van der Waals surface area contributed by atoms with Gasteiger partial charge in [-0.25, -0.2) is 0 Å². The maximum absolute atomic E-state index is 14.2. The number of ether oxygens (including phenoxy) is 1. The van der Waals surface area contributed by atoms with Gasteiger partial charge in [-0.1, -0.05) is 39.0 Å². The molecular formula is C40H53BrN4O6S. The van der Waals surface area contributed by atoms with E-state index in [1.165, 1.54) is 11.3 Å². The van der Waals surface area contributed by atoms with Gasteiger partial charge in [-0.15, -0.1) is 11.3 Å². The number of hydrogen-bond acceptors (Lipinski definition) is 9. The molecule has 1 saturated heterocycles. The number of aliphatic hydroxyl groups excluding tert-OH is 2. The second-order valence-corrected chi connectivity index (χ2v) is 17.5. The van der Waals surface area contributed by atoms with Crippen LogP contribution in [0.5, 0.6) is 5.75 Å². The molecule has 4 aliphatic rings. The molecule has 7 rings (SSSR count). The third-order valence-electron chi connectivity index (χ3n) is 12.0. The van der Waals surface area contributed by atoms with E-state index >= 15 is 0 Å². The maximum Gasteiger partial charge on any atom is 0.251 e. The number of nitrogens with one attached hydrogen (secondary N) is 2. The van der Waals surface area contributed by atoms with Crippen LogP contribution in [0.3, 0.4) is 0 Å². The highest BCUT2D eigenvalue weighted by atomic mass is 79.9. The largest absolute Gasteiger partial charge is 0.496 e. The zero-order chi connectivity index (χ0) is 37.5. The molecule has 8 atom stereocenters. The number of thiophene rings is 1. The van der Waals surface area contributed by atoms with E-state index in [2.05, 4.69) is 53.4 Å². The van der Waals surface area contributed by atoms with Crippen LogP contribution >= 0.6 is 27.3 Å². The molecule has 2 amide bonds. The Morgan fingerprint density at radius 1 is 1.19 bits per heavy atom. The van der Waals surface area contributed by atoms with Crippen molar-refractivity contribution in [2.45, 2.75) is 77.8 Å². The number of halogens is 1. The van der Waals surface area contributed by atoms with Crippen molar-refractivity contribution in [3.05, 3.63) is 68.3 Å². The Bertz CT molecular complexity index is 1760. The lowest BCUT2D eigenvalue weighted by Gasteiger charge is -2.62. The van der Waals surface area contributed by atoms with Gasteiger partial charge in [-0.3, -0.25) is 14.4 Å². The van der Waals surface area contributed by atoms with Gasteiger partial charge in [-0.2, -0.15) is 5.06 Å². The van der Waals surface area contributed by atoms with Gasteiger partial charge >= 0.3 is 0 Å². The predicted octanol–water partition coefficient (Wildman–Crippen LogP) is 5.89. The van der Waals surface area contributed by atoms with Crippen LogP contribution in [0.2, 0.25) is 0 Å². The smallest absolute Gasteiger partial charge is 0.251 e. The first-order valence-corrected chi connectivity index (χ1v) is 19.9. The van der Waals surface area contributed by atoms with E-state index in [0.717, 1.165) is 39.7 Å². The van der Waals surface area contributed by atoms with E-state index < -0.39 is 24.2 Å². The summed E-state index contributed by atoms with van der Waals surface area (Å²) in [5.74, 6) is 1.05. The SMILES string of the molecule is COc1c(CN2O[C@@H](CO)[C@H]([C@H](C)O)[C@H]2C(=O)N[C@H]2C[C@@H]3C[C@@H]([C@@H]2C)C3(C)C)cccc1-c1cc(C(=O)NCCc2cc(Br)cs2)cc(N(C)C)c1. The first kappa shape index (κ1) is 38.7. The summed E-state index contributed by atoms with van der Waals surface area (Å²) in [5.41, 5.74) is 4.03. The van der Waals surface area contributed by atoms with Crippen molar-refractivity contribution < 1.29 is 29.4 Å². The van der Waals surface area contributed by atoms with Crippen LogP contribution in [0.25, 0.3) is 11.1 Å². The molecule has 0 spiro atoms. The number of amides is 2. The number of rotatable bonds is 13. The highest BCUT2D eigenvalue weighted by Gasteiger charge is 2.57. The minimum absolute atomic E-state index is 0.0417. The Morgan fingerprint density at radius 3 is 2.58 bits per heavy atom. The van der Waals surface area contributed by atoms with E-state index in [4.69, 9.17) is 9.57 Å². The third-order valence-corrected chi connectivity index (χ3v) is 13.7. The Hall–Kier alpha value is -3.00. The Morgan fingerprint density at radius 2 is 1.96 bits per heavy atom. The van der Waals surface area contributed by atoms with Crippen LogP contribution in [-0.2, 0) is 22.6 Å². The Kier molecular flexibility index (Phi) is 11.7. The molecule has 10 nitrogen and oxygen atoms in total. The van der Waals surface area contributed by atoms with E-state index in [1.54, 1.807) is 30.4 Å². The average Bonchev–Trinajstić information content (AvgIpc) is 3.71. The van der Waals surface area contributed by atoms with E-state index in [9.17, 15) is 19.8 Å². The van der Waals surface area contributed by atoms with Crippen LogP contribution in [0, 0.1) is 29.1 Å². The summed E-state index contributed by atoms with van der Waals surface area (Å²) in [4.78, 5) is 37.1. The van der Waals surface area contributed by atoms with Crippen LogP contribution in [0.4, 0.5) is 5.69 Å². The molecule has 2 bridgehead atoms. The second kappa shape index (κ2) is 15.8. The van der Waals surface area contributed by atoms with Gasteiger partial charge in [0.1, 0.15) is 17.9 Å². The summed E-state index contributed by atoms with van der Waals surface area (Å²) in [6.07, 6.45) is 1.23. The molecular weight excluding hydrogens is 744 g/mol. The Balaban J connectivity index is 1.26. The van der Waals surface area contributed by atoms with Gasteiger partial charge in [-0.05, 0) is 95.1 Å². The number of carbonyl (C=O) groups excluding carboxylic acids is 2. The van der Waals surface area contributed by atoms with E-state index in [0.29, 0.717) is 35.6 Å². The molecule has 0 radical (unpaired) electrons. The molecule has 3 aromatic rings. The number of hydroxylamine groups is 2. The Labute approximate surface area is 320 Å². The molecule has 2 heterocycles. The summed E-state index contributed by atoms with van der Waals surface area (Å²) in [5, 5.41) is 31.3. The maximum atomic E-state index is 14.2. The van der Waals surface area contributed by atoms with E-state index in [1.807, 2.05) is 60.8 Å². The molecule has 1 aliphatic heterocycles. The normalized spacial score (nSPS) is 27.1. The molecule has 4 N–H and O–H groups in total. The monoisotopic (exact) mass is 796 g/mol. The van der Waals surface area contributed by atoms with Gasteiger partial charge in [0, 0.05) is 69.7 Å². The van der Waals surface area contributed by atoms with Gasteiger partial charge in [0.2, 0.25) is 5.91 Å². The topological polar surface area (TPSA) is 124 Å². The number of methoxy groups -OCH3 is 1. The number of benzene rings is 2. The summed E-state index contributed by atoms with van der Waals surface area (Å²) >= 11 is 5.15. The van der Waals surface area contributed by atoms with Gasteiger partial charge < -0.3 is 30.5 Å². The summed E-state index contributed by atoms with van der Waals surface area (Å²) in [6, 6.07) is 12.9. The summed E-state index contributed by atoms with van der Waals surface area (Å²) in [7, 11) is 5.48. The molecule has 3 aliphatic carbocycles. The highest BCUT2D eigenvalue weighted by molar-refractivity contribution is 9.10. The zero-order valence-electron chi connectivity index (χ0n) is 31.2. The molecule has 0 unspecified atom stereocenters. The van der Waals surface area contributed by atoms with E-state index in [-0.39, 0.29) is 36.4 Å².